The van der Waals surface area contributed by atoms with Gasteiger partial charge in [-0.05, 0) is 6.07 Å². The summed E-state index contributed by atoms with van der Waals surface area (Å²) in [7, 11) is 0. The Labute approximate surface area is 103 Å². The van der Waals surface area contributed by atoms with E-state index in [1.807, 2.05) is 0 Å². The van der Waals surface area contributed by atoms with E-state index < -0.39 is 18.7 Å². The number of carbonyl (C=O) groups is 1. The van der Waals surface area contributed by atoms with Gasteiger partial charge in [-0.1, -0.05) is 23.7 Å². The molecule has 1 atom stereocenters. The molecule has 1 N–H and O–H groups in total. The van der Waals surface area contributed by atoms with Crippen LogP contribution in [0, 0.1) is 5.82 Å². The Morgan fingerprint density at radius 2 is 2.29 bits per heavy atom. The number of benzene rings is 1. The Hall–Kier alpha value is -1.20. The van der Waals surface area contributed by atoms with Crippen molar-refractivity contribution >= 4 is 17.5 Å². The number of rotatable bonds is 5. The first kappa shape index (κ1) is 13.9. The molecule has 0 heterocycles. The number of amides is 1. The highest BCUT2D eigenvalue weighted by atomic mass is 35.5. The molecule has 6 heteroatoms. The van der Waals surface area contributed by atoms with Gasteiger partial charge in [0.1, 0.15) is 5.82 Å². The highest BCUT2D eigenvalue weighted by Gasteiger charge is 2.18. The van der Waals surface area contributed by atoms with E-state index >= 15 is 0 Å². The molecular weight excluding hydrogens is 252 g/mol. The summed E-state index contributed by atoms with van der Waals surface area (Å²) in [4.78, 5) is 11.0. The van der Waals surface area contributed by atoms with Crippen LogP contribution in [0.4, 0.5) is 8.78 Å². The fourth-order valence-electron chi connectivity index (χ4n) is 1.41. The van der Waals surface area contributed by atoms with Gasteiger partial charge in [-0.25, -0.2) is 8.78 Å². The number of alkyl halides is 1. The van der Waals surface area contributed by atoms with Crippen LogP contribution in [0.1, 0.15) is 18.5 Å². The lowest BCUT2D eigenvalue weighted by atomic mass is 10.1. The molecule has 1 rings (SSSR count). The number of hydrogen-bond donors (Lipinski definition) is 1. The van der Waals surface area contributed by atoms with E-state index in [1.165, 1.54) is 19.1 Å². The molecule has 94 valence electrons. The zero-order valence-corrected chi connectivity index (χ0v) is 9.93. The fourth-order valence-corrected chi connectivity index (χ4v) is 1.59. The van der Waals surface area contributed by atoms with E-state index in [4.69, 9.17) is 11.6 Å². The van der Waals surface area contributed by atoms with Crippen LogP contribution < -0.4 is 5.32 Å². The fraction of sp³-hybridized carbons (Fsp3) is 0.364. The molecule has 1 aromatic carbocycles. The largest absolute Gasteiger partial charge is 0.348 e. The minimum atomic E-state index is -1.00. The molecule has 1 aromatic rings. The van der Waals surface area contributed by atoms with E-state index in [9.17, 15) is 13.6 Å². The maximum absolute atomic E-state index is 13.7. The smallest absolute Gasteiger partial charge is 0.217 e. The monoisotopic (exact) mass is 263 g/mol. The summed E-state index contributed by atoms with van der Waals surface area (Å²) in [6.07, 6.45) is 0. The topological polar surface area (TPSA) is 38.3 Å². The van der Waals surface area contributed by atoms with Gasteiger partial charge in [-0.15, -0.1) is 0 Å². The molecular formula is C11H12ClF2NO2. The Kier molecular flexibility index (Phi) is 5.31. The highest BCUT2D eigenvalue weighted by molar-refractivity contribution is 6.30. The van der Waals surface area contributed by atoms with Crippen LogP contribution in [0.2, 0.25) is 5.02 Å². The van der Waals surface area contributed by atoms with Crippen LogP contribution in [0.15, 0.2) is 18.2 Å². The molecule has 1 unspecified atom stereocenters. The van der Waals surface area contributed by atoms with Crippen molar-refractivity contribution in [1.29, 1.82) is 0 Å². The molecule has 17 heavy (non-hydrogen) atoms. The average molecular weight is 264 g/mol. The summed E-state index contributed by atoms with van der Waals surface area (Å²) in [5, 5.41) is 2.41. The molecule has 0 aliphatic rings. The van der Waals surface area contributed by atoms with Gasteiger partial charge in [0.15, 0.2) is 6.86 Å². The van der Waals surface area contributed by atoms with E-state index in [-0.39, 0.29) is 23.1 Å². The molecule has 0 saturated heterocycles. The van der Waals surface area contributed by atoms with Crippen LogP contribution in [0.5, 0.6) is 0 Å². The Bertz CT molecular complexity index is 401. The first-order chi connectivity index (χ1) is 8.06. The summed E-state index contributed by atoms with van der Waals surface area (Å²) in [5.74, 6) is -1.01. The van der Waals surface area contributed by atoms with Crippen molar-refractivity contribution in [1.82, 2.24) is 5.32 Å². The summed E-state index contributed by atoms with van der Waals surface area (Å²) < 4.78 is 30.2. The first-order valence-corrected chi connectivity index (χ1v) is 5.28. The number of carbonyl (C=O) groups excluding carboxylic acids is 1. The molecule has 3 nitrogen and oxygen atoms in total. The van der Waals surface area contributed by atoms with Crippen LogP contribution in [0.25, 0.3) is 0 Å². The number of hydrogen-bond acceptors (Lipinski definition) is 2. The molecule has 0 aromatic heterocycles. The third kappa shape index (κ3) is 3.94. The minimum absolute atomic E-state index is 0.0573. The van der Waals surface area contributed by atoms with Crippen LogP contribution in [0.3, 0.4) is 0 Å². The van der Waals surface area contributed by atoms with E-state index in [2.05, 4.69) is 10.1 Å². The molecule has 1 amide bonds. The molecule has 0 radical (unpaired) electrons. The van der Waals surface area contributed by atoms with Gasteiger partial charge in [0.05, 0.1) is 17.7 Å². The lowest BCUT2D eigenvalue weighted by molar-refractivity contribution is -0.120. The Morgan fingerprint density at radius 1 is 1.59 bits per heavy atom. The van der Waals surface area contributed by atoms with Crippen molar-refractivity contribution in [3.05, 3.63) is 34.6 Å². The lowest BCUT2D eigenvalue weighted by Crippen LogP contribution is -2.30. The van der Waals surface area contributed by atoms with E-state index in [0.717, 1.165) is 0 Å². The summed E-state index contributed by atoms with van der Waals surface area (Å²) >= 11 is 5.63. The van der Waals surface area contributed by atoms with Crippen molar-refractivity contribution in [3.8, 4) is 0 Å². The molecule has 0 fully saturated rings. The second-order valence-electron chi connectivity index (χ2n) is 3.38. The molecule has 0 saturated carbocycles. The van der Waals surface area contributed by atoms with Crippen molar-refractivity contribution in [3.63, 3.8) is 0 Å². The maximum atomic E-state index is 13.7. The zero-order chi connectivity index (χ0) is 12.8. The standard InChI is InChI=1S/C11H12ClF2NO2/c1-7(16)15-10(5-17-6-13)8-3-2-4-9(12)11(8)14/h2-4,10H,5-6H2,1H3,(H,15,16). The first-order valence-electron chi connectivity index (χ1n) is 4.91. The normalized spacial score (nSPS) is 12.2. The van der Waals surface area contributed by atoms with Crippen LogP contribution in [-0.2, 0) is 9.53 Å². The number of ether oxygens (including phenoxy) is 1. The Morgan fingerprint density at radius 3 is 2.88 bits per heavy atom. The summed E-state index contributed by atoms with van der Waals surface area (Å²) in [6.45, 7) is 0.122. The second kappa shape index (κ2) is 6.51. The predicted molar refractivity (Wildman–Crippen MR) is 59.9 cm³/mol. The van der Waals surface area contributed by atoms with Gasteiger partial charge in [0.2, 0.25) is 5.91 Å². The predicted octanol–water partition coefficient (Wildman–Crippen LogP) is 2.60. The SMILES string of the molecule is CC(=O)NC(COCF)c1cccc(Cl)c1F. The van der Waals surface area contributed by atoms with Crippen molar-refractivity contribution in [2.45, 2.75) is 13.0 Å². The van der Waals surface area contributed by atoms with Crippen molar-refractivity contribution in [2.75, 3.05) is 13.5 Å². The van der Waals surface area contributed by atoms with Crippen molar-refractivity contribution in [2.24, 2.45) is 0 Å². The van der Waals surface area contributed by atoms with Gasteiger partial charge in [0, 0.05) is 12.5 Å². The van der Waals surface area contributed by atoms with Gasteiger partial charge in [0.25, 0.3) is 0 Å². The van der Waals surface area contributed by atoms with Crippen molar-refractivity contribution < 1.29 is 18.3 Å². The summed E-state index contributed by atoms with van der Waals surface area (Å²) in [6, 6.07) is 3.64. The number of halogens is 3. The molecule has 0 spiro atoms. The lowest BCUT2D eigenvalue weighted by Gasteiger charge is -2.18. The van der Waals surface area contributed by atoms with Crippen LogP contribution in [-0.4, -0.2) is 19.4 Å². The zero-order valence-electron chi connectivity index (χ0n) is 9.17. The highest BCUT2D eigenvalue weighted by Crippen LogP contribution is 2.23. The third-order valence-electron chi connectivity index (χ3n) is 2.10. The average Bonchev–Trinajstić information content (AvgIpc) is 2.28. The van der Waals surface area contributed by atoms with Gasteiger partial charge in [-0.2, -0.15) is 0 Å². The molecule has 0 aliphatic heterocycles. The van der Waals surface area contributed by atoms with Gasteiger partial charge >= 0.3 is 0 Å². The third-order valence-corrected chi connectivity index (χ3v) is 2.39. The van der Waals surface area contributed by atoms with Crippen LogP contribution >= 0.6 is 11.6 Å². The van der Waals surface area contributed by atoms with E-state index in [0.29, 0.717) is 0 Å². The minimum Gasteiger partial charge on any atom is -0.348 e. The van der Waals surface area contributed by atoms with Gasteiger partial charge < -0.3 is 10.1 Å². The second-order valence-corrected chi connectivity index (χ2v) is 3.78. The summed E-state index contributed by atoms with van der Waals surface area (Å²) in [5.41, 5.74) is 0.168. The maximum Gasteiger partial charge on any atom is 0.217 e. The quantitative estimate of drug-likeness (QED) is 0.887. The van der Waals surface area contributed by atoms with Gasteiger partial charge in [-0.3, -0.25) is 4.79 Å². The molecule has 0 bridgehead atoms. The Balaban J connectivity index is 2.94. The molecule has 0 aliphatic carbocycles. The van der Waals surface area contributed by atoms with E-state index in [1.54, 1.807) is 6.07 Å². The number of nitrogens with one attached hydrogen (secondary N) is 1.